The van der Waals surface area contributed by atoms with Crippen LogP contribution in [0.2, 0.25) is 0 Å². The topological polar surface area (TPSA) is 16.8 Å². The zero-order valence-corrected chi connectivity index (χ0v) is 13.4. The summed E-state index contributed by atoms with van der Waals surface area (Å²) >= 11 is 0.207. The summed E-state index contributed by atoms with van der Waals surface area (Å²) in [5.74, 6) is -2.13. The number of hydrogen-bond acceptors (Lipinski definition) is 2. The van der Waals surface area contributed by atoms with E-state index in [0.29, 0.717) is 17.9 Å². The lowest BCUT2D eigenvalue weighted by molar-refractivity contribution is -0.686. The predicted molar refractivity (Wildman–Crippen MR) is 77.7 cm³/mol. The third-order valence-electron chi connectivity index (χ3n) is 3.42. The summed E-state index contributed by atoms with van der Waals surface area (Å²) in [6, 6.07) is 0.876. The second-order valence-electron chi connectivity index (χ2n) is 4.82. The van der Waals surface area contributed by atoms with Gasteiger partial charge in [-0.25, -0.2) is 17.7 Å². The van der Waals surface area contributed by atoms with Gasteiger partial charge in [0.25, 0.3) is 5.82 Å². The Balaban J connectivity index is 2.79. The number of hydrogen-bond donors (Lipinski definition) is 0. The van der Waals surface area contributed by atoms with Crippen molar-refractivity contribution in [3.63, 3.8) is 0 Å². The van der Waals surface area contributed by atoms with Gasteiger partial charge in [0.15, 0.2) is 11.0 Å². The third kappa shape index (κ3) is 2.82. The highest BCUT2D eigenvalue weighted by molar-refractivity contribution is 8.02. The Kier molecular flexibility index (Phi) is 4.75. The molecule has 0 saturated heterocycles. The monoisotopic (exact) mass is 331 g/mol. The van der Waals surface area contributed by atoms with Gasteiger partial charge in [0.2, 0.25) is 5.52 Å². The number of thioether (sulfide) groups is 1. The molecule has 0 saturated carbocycles. The fourth-order valence-electron chi connectivity index (χ4n) is 2.22. The van der Waals surface area contributed by atoms with Crippen molar-refractivity contribution in [1.29, 1.82) is 0 Å². The molecule has 2 aromatic rings. The van der Waals surface area contributed by atoms with Gasteiger partial charge < -0.3 is 0 Å². The smallest absolute Gasteiger partial charge is 0.234 e. The van der Waals surface area contributed by atoms with Crippen LogP contribution in [0.1, 0.15) is 25.4 Å². The molecule has 0 aliphatic heterocycles. The van der Waals surface area contributed by atoms with E-state index < -0.39 is 22.6 Å². The van der Waals surface area contributed by atoms with Crippen molar-refractivity contribution >= 4 is 22.7 Å². The van der Waals surface area contributed by atoms with Gasteiger partial charge in [0.05, 0.1) is 11.9 Å². The molecule has 0 spiro atoms. The van der Waals surface area contributed by atoms with Crippen LogP contribution in [0, 0.1) is 18.6 Å². The molecule has 22 heavy (non-hydrogen) atoms. The summed E-state index contributed by atoms with van der Waals surface area (Å²) in [5.41, 5.74) is 0.424. The van der Waals surface area contributed by atoms with Gasteiger partial charge in [-0.1, -0.05) is 18.7 Å². The van der Waals surface area contributed by atoms with Crippen LogP contribution >= 0.6 is 11.8 Å². The standard InChI is InChI=1S/C15H15F4N2S/c1-5-10-12-9(17)6-11(22-15(19)7(2)16)13(18)14(12)20-8(3)21(10)4/h6H,5H2,1-4H3/q+1/b15-7+. The quantitative estimate of drug-likeness (QED) is 0.470. The van der Waals surface area contributed by atoms with Gasteiger partial charge in [0, 0.05) is 13.3 Å². The lowest BCUT2D eigenvalue weighted by atomic mass is 10.1. The molecule has 0 atom stereocenters. The number of halogens is 4. The summed E-state index contributed by atoms with van der Waals surface area (Å²) in [6.45, 7) is 4.40. The molecule has 7 heteroatoms. The average molecular weight is 331 g/mol. The van der Waals surface area contributed by atoms with Gasteiger partial charge in [-0.05, 0) is 18.0 Å². The molecule has 0 aliphatic rings. The van der Waals surface area contributed by atoms with Gasteiger partial charge in [0.1, 0.15) is 22.7 Å². The molecule has 1 heterocycles. The molecule has 0 amide bonds. The number of fused-ring (bicyclic) bond motifs is 1. The Morgan fingerprint density at radius 3 is 2.50 bits per heavy atom. The van der Waals surface area contributed by atoms with Crippen molar-refractivity contribution in [2.24, 2.45) is 7.05 Å². The largest absolute Gasteiger partial charge is 0.296 e. The van der Waals surface area contributed by atoms with Crippen LogP contribution in [0.3, 0.4) is 0 Å². The van der Waals surface area contributed by atoms with Crippen LogP contribution in [0.4, 0.5) is 17.6 Å². The molecule has 1 aromatic carbocycles. The zero-order valence-electron chi connectivity index (χ0n) is 12.6. The van der Waals surface area contributed by atoms with E-state index in [2.05, 4.69) is 4.98 Å². The Morgan fingerprint density at radius 2 is 1.95 bits per heavy atom. The second kappa shape index (κ2) is 6.24. The van der Waals surface area contributed by atoms with E-state index in [1.807, 2.05) is 6.92 Å². The van der Waals surface area contributed by atoms with Gasteiger partial charge >= 0.3 is 0 Å². The van der Waals surface area contributed by atoms with E-state index in [0.717, 1.165) is 13.0 Å². The average Bonchev–Trinajstić information content (AvgIpc) is 2.46. The Bertz CT molecular complexity index is 783. The van der Waals surface area contributed by atoms with E-state index in [-0.39, 0.29) is 27.6 Å². The highest BCUT2D eigenvalue weighted by Gasteiger charge is 2.25. The maximum Gasteiger partial charge on any atom is 0.296 e. The van der Waals surface area contributed by atoms with Crippen molar-refractivity contribution in [2.75, 3.05) is 0 Å². The lowest BCUT2D eigenvalue weighted by Crippen LogP contribution is -2.38. The van der Waals surface area contributed by atoms with E-state index in [9.17, 15) is 17.6 Å². The molecule has 2 nitrogen and oxygen atoms in total. The maximum absolute atomic E-state index is 14.5. The first-order valence-electron chi connectivity index (χ1n) is 6.64. The Hall–Kier alpha value is -1.63. The number of nitrogens with zero attached hydrogens (tertiary/aromatic N) is 2. The molecular weight excluding hydrogens is 316 g/mol. The Morgan fingerprint density at radius 1 is 1.32 bits per heavy atom. The van der Waals surface area contributed by atoms with E-state index in [1.165, 1.54) is 0 Å². The van der Waals surface area contributed by atoms with Crippen LogP contribution in [0.5, 0.6) is 0 Å². The number of rotatable bonds is 3. The molecule has 0 radical (unpaired) electrons. The minimum absolute atomic E-state index is 0.0683. The number of benzene rings is 1. The van der Waals surface area contributed by atoms with Crippen molar-refractivity contribution in [1.82, 2.24) is 4.98 Å². The zero-order chi connectivity index (χ0) is 16.6. The first kappa shape index (κ1) is 16.7. The molecule has 0 aliphatic carbocycles. The van der Waals surface area contributed by atoms with E-state index in [4.69, 9.17) is 0 Å². The fraction of sp³-hybridized carbons (Fsp3) is 0.333. The summed E-state index contributed by atoms with van der Waals surface area (Å²) < 4.78 is 56.8. The number of allylic oxidation sites excluding steroid dienone is 1. The Labute approximate surface area is 129 Å². The SMILES string of the molecule is CCc1c2c(F)cc(S/C(F)=C(\C)F)c(F)c2nc(C)[n+]1C. The highest BCUT2D eigenvalue weighted by Crippen LogP contribution is 2.36. The number of aromatic nitrogens is 2. The van der Waals surface area contributed by atoms with Gasteiger partial charge in [-0.2, -0.15) is 4.39 Å². The molecule has 118 valence electrons. The number of aryl methyl sites for hydroxylation is 2. The summed E-state index contributed by atoms with van der Waals surface area (Å²) in [5, 5.41) is -1.13. The van der Waals surface area contributed by atoms with Crippen LogP contribution in [-0.4, -0.2) is 4.98 Å². The van der Waals surface area contributed by atoms with E-state index >= 15 is 0 Å². The molecule has 0 unspecified atom stereocenters. The third-order valence-corrected chi connectivity index (χ3v) is 4.39. The molecule has 0 N–H and O–H groups in total. The maximum atomic E-state index is 14.5. The molecular formula is C15H15F4N2S+. The minimum Gasteiger partial charge on any atom is -0.234 e. The van der Waals surface area contributed by atoms with Crippen molar-refractivity contribution in [3.8, 4) is 0 Å². The van der Waals surface area contributed by atoms with Crippen LogP contribution < -0.4 is 4.57 Å². The van der Waals surface area contributed by atoms with Crippen LogP contribution in [0.25, 0.3) is 10.9 Å². The van der Waals surface area contributed by atoms with Crippen molar-refractivity contribution in [3.05, 3.63) is 40.2 Å². The fourth-order valence-corrected chi connectivity index (χ4v) is 2.91. The molecule has 1 aromatic heterocycles. The summed E-state index contributed by atoms with van der Waals surface area (Å²) in [7, 11) is 1.72. The van der Waals surface area contributed by atoms with Crippen molar-refractivity contribution in [2.45, 2.75) is 32.1 Å². The summed E-state index contributed by atoms with van der Waals surface area (Å²) in [4.78, 5) is 3.73. The highest BCUT2D eigenvalue weighted by atomic mass is 32.2. The second-order valence-corrected chi connectivity index (χ2v) is 5.82. The van der Waals surface area contributed by atoms with Crippen LogP contribution in [-0.2, 0) is 13.5 Å². The summed E-state index contributed by atoms with van der Waals surface area (Å²) in [6.07, 6.45) is 0.483. The first-order valence-corrected chi connectivity index (χ1v) is 7.46. The first-order chi connectivity index (χ1) is 10.3. The van der Waals surface area contributed by atoms with Crippen molar-refractivity contribution < 1.29 is 22.1 Å². The lowest BCUT2D eigenvalue weighted by Gasteiger charge is -2.09. The van der Waals surface area contributed by atoms with E-state index in [1.54, 1.807) is 18.5 Å². The van der Waals surface area contributed by atoms with Gasteiger partial charge in [-0.3, -0.25) is 0 Å². The minimum atomic E-state index is -1.20. The normalized spacial score (nSPS) is 12.7. The van der Waals surface area contributed by atoms with Crippen LogP contribution in [0.15, 0.2) is 21.9 Å². The molecule has 0 fully saturated rings. The molecule has 2 rings (SSSR count). The predicted octanol–water partition coefficient (Wildman–Crippen LogP) is 4.43. The van der Waals surface area contributed by atoms with Gasteiger partial charge in [-0.15, -0.1) is 0 Å². The molecule has 0 bridgehead atoms.